The van der Waals surface area contributed by atoms with Gasteiger partial charge in [0.2, 0.25) is 5.91 Å². The Bertz CT molecular complexity index is 505. The van der Waals surface area contributed by atoms with Crippen LogP contribution in [0.3, 0.4) is 0 Å². The lowest BCUT2D eigenvalue weighted by Gasteiger charge is -2.31. The molecule has 114 valence electrons. The van der Waals surface area contributed by atoms with E-state index in [1.165, 1.54) is 17.7 Å². The van der Waals surface area contributed by atoms with Crippen molar-refractivity contribution in [2.75, 3.05) is 24.5 Å². The lowest BCUT2D eigenvalue weighted by atomic mass is 10.0. The normalized spacial score (nSPS) is 24.7. The van der Waals surface area contributed by atoms with E-state index < -0.39 is 0 Å². The largest absolute Gasteiger partial charge is 0.370 e. The lowest BCUT2D eigenvalue weighted by molar-refractivity contribution is -0.122. The number of benzene rings is 1. The molecule has 0 aromatic heterocycles. The third-order valence-corrected chi connectivity index (χ3v) is 4.30. The van der Waals surface area contributed by atoms with Gasteiger partial charge in [-0.2, -0.15) is 0 Å². The monoisotopic (exact) mass is 288 g/mol. The Hall–Kier alpha value is -1.59. The van der Waals surface area contributed by atoms with Crippen LogP contribution in [0.15, 0.2) is 24.3 Å². The van der Waals surface area contributed by atoms with E-state index in [4.69, 9.17) is 0 Å². The van der Waals surface area contributed by atoms with Crippen LogP contribution in [0, 0.1) is 0 Å². The summed E-state index contributed by atoms with van der Waals surface area (Å²) >= 11 is 0. The van der Waals surface area contributed by atoms with Crippen LogP contribution in [0.5, 0.6) is 0 Å². The molecule has 2 unspecified atom stereocenters. The third kappa shape index (κ3) is 3.36. The molecule has 2 heterocycles. The fourth-order valence-corrected chi connectivity index (χ4v) is 3.17. The summed E-state index contributed by atoms with van der Waals surface area (Å²) < 4.78 is 0. The number of amides is 1. The number of hydrogen-bond donors (Lipinski definition) is 3. The van der Waals surface area contributed by atoms with Crippen molar-refractivity contribution in [1.29, 1.82) is 0 Å². The van der Waals surface area contributed by atoms with E-state index in [9.17, 15) is 4.79 Å². The number of rotatable bonds is 4. The van der Waals surface area contributed by atoms with Gasteiger partial charge in [-0.3, -0.25) is 10.2 Å². The zero-order chi connectivity index (χ0) is 14.7. The van der Waals surface area contributed by atoms with Crippen LogP contribution in [0.4, 0.5) is 5.69 Å². The molecule has 21 heavy (non-hydrogen) atoms. The highest BCUT2D eigenvalue weighted by atomic mass is 16.2. The van der Waals surface area contributed by atoms with Crippen molar-refractivity contribution >= 4 is 11.6 Å². The molecule has 0 saturated carbocycles. The topological polar surface area (TPSA) is 56.4 Å². The first-order valence-electron chi connectivity index (χ1n) is 7.85. The number of fused-ring (bicyclic) bond motifs is 1. The summed E-state index contributed by atoms with van der Waals surface area (Å²) in [5, 5.41) is 3.04. The van der Waals surface area contributed by atoms with Gasteiger partial charge >= 0.3 is 0 Å². The summed E-state index contributed by atoms with van der Waals surface area (Å²) in [7, 11) is 0. The average molecular weight is 288 g/mol. The Morgan fingerprint density at radius 2 is 2.24 bits per heavy atom. The number of aryl methyl sites for hydroxylation is 1. The van der Waals surface area contributed by atoms with Gasteiger partial charge in [-0.25, -0.2) is 5.43 Å². The number of carbonyl (C=O) groups is 1. The number of hydrogen-bond acceptors (Lipinski definition) is 4. The van der Waals surface area contributed by atoms with E-state index in [1.807, 2.05) is 0 Å². The number of hydrazine groups is 1. The molecule has 2 atom stereocenters. The molecule has 0 aliphatic carbocycles. The predicted molar refractivity (Wildman–Crippen MR) is 84.1 cm³/mol. The first-order chi connectivity index (χ1) is 10.2. The van der Waals surface area contributed by atoms with Crippen molar-refractivity contribution in [3.63, 3.8) is 0 Å². The molecule has 0 spiro atoms. The molecule has 1 fully saturated rings. The molecule has 2 aliphatic rings. The summed E-state index contributed by atoms with van der Waals surface area (Å²) in [6.07, 6.45) is 3.20. The molecule has 5 nitrogen and oxygen atoms in total. The van der Waals surface area contributed by atoms with E-state index in [1.54, 1.807) is 0 Å². The number of nitrogens with one attached hydrogen (secondary N) is 3. The zero-order valence-corrected chi connectivity index (χ0v) is 12.6. The highest BCUT2D eigenvalue weighted by molar-refractivity contribution is 5.82. The van der Waals surface area contributed by atoms with Gasteiger partial charge in [-0.05, 0) is 37.8 Å². The van der Waals surface area contributed by atoms with E-state index >= 15 is 0 Å². The number of nitrogens with zero attached hydrogens (tertiary/aromatic N) is 1. The maximum Gasteiger partial charge on any atom is 0.238 e. The highest BCUT2D eigenvalue weighted by Crippen LogP contribution is 2.25. The van der Waals surface area contributed by atoms with Gasteiger partial charge in [0.1, 0.15) is 6.04 Å². The molecule has 1 saturated heterocycles. The van der Waals surface area contributed by atoms with Gasteiger partial charge in [-0.15, -0.1) is 0 Å². The van der Waals surface area contributed by atoms with E-state index in [-0.39, 0.29) is 11.9 Å². The smallest absolute Gasteiger partial charge is 0.238 e. The van der Waals surface area contributed by atoms with E-state index in [0.29, 0.717) is 12.6 Å². The molecule has 0 radical (unpaired) electrons. The van der Waals surface area contributed by atoms with E-state index in [0.717, 1.165) is 25.9 Å². The Labute approximate surface area is 126 Å². The number of carbonyl (C=O) groups excluding carboxylic acids is 1. The maximum absolute atomic E-state index is 12.0. The molecular weight excluding hydrogens is 264 g/mol. The van der Waals surface area contributed by atoms with Crippen molar-refractivity contribution in [1.82, 2.24) is 16.2 Å². The van der Waals surface area contributed by atoms with Gasteiger partial charge in [0.15, 0.2) is 0 Å². The molecule has 2 aliphatic heterocycles. The summed E-state index contributed by atoms with van der Waals surface area (Å²) in [5.74, 6) is 0.0946. The van der Waals surface area contributed by atoms with Crippen molar-refractivity contribution in [2.24, 2.45) is 0 Å². The molecule has 5 heteroatoms. The minimum Gasteiger partial charge on any atom is -0.370 e. The number of anilines is 1. The second-order valence-electron chi connectivity index (χ2n) is 5.99. The van der Waals surface area contributed by atoms with Crippen molar-refractivity contribution < 1.29 is 4.79 Å². The molecule has 3 N–H and O–H groups in total. The molecule has 0 bridgehead atoms. The average Bonchev–Trinajstić information content (AvgIpc) is 2.94. The first kappa shape index (κ1) is 14.4. The van der Waals surface area contributed by atoms with Crippen LogP contribution in [0.1, 0.15) is 25.3 Å². The Balaban J connectivity index is 1.49. The van der Waals surface area contributed by atoms with Crippen LogP contribution in [-0.4, -0.2) is 37.6 Å². The minimum absolute atomic E-state index is 0.0946. The van der Waals surface area contributed by atoms with Crippen LogP contribution in [0.25, 0.3) is 0 Å². The Morgan fingerprint density at radius 1 is 1.38 bits per heavy atom. The van der Waals surface area contributed by atoms with Gasteiger partial charge in [0.25, 0.3) is 0 Å². The lowest BCUT2D eigenvalue weighted by Crippen LogP contribution is -2.45. The fourth-order valence-electron chi connectivity index (χ4n) is 3.17. The zero-order valence-electron chi connectivity index (χ0n) is 12.6. The van der Waals surface area contributed by atoms with Crippen molar-refractivity contribution in [3.8, 4) is 0 Å². The molecule has 1 aromatic rings. The van der Waals surface area contributed by atoms with Gasteiger partial charge in [0.05, 0.1) is 0 Å². The van der Waals surface area contributed by atoms with Crippen LogP contribution < -0.4 is 21.1 Å². The molecule has 1 aromatic carbocycles. The van der Waals surface area contributed by atoms with Gasteiger partial charge in [-0.1, -0.05) is 18.2 Å². The van der Waals surface area contributed by atoms with Crippen molar-refractivity contribution in [3.05, 3.63) is 29.8 Å². The first-order valence-corrected chi connectivity index (χ1v) is 7.85. The second kappa shape index (κ2) is 6.45. The minimum atomic E-state index is -0.103. The molecule has 1 amide bonds. The highest BCUT2D eigenvalue weighted by Gasteiger charge is 2.26. The molecular formula is C16H24N4O. The SMILES string of the molecule is CC1CC(C(=O)NCCN2CCCc3ccccc32)NN1. The Kier molecular flexibility index (Phi) is 4.41. The number of para-hydroxylation sites is 1. The standard InChI is InChI=1S/C16H24N4O/c1-12-11-14(19-18-12)16(21)17-8-10-20-9-4-6-13-5-2-3-7-15(13)20/h2-3,5,7,12,14,18-19H,4,6,8-11H2,1H3,(H,17,21). The quantitative estimate of drug-likeness (QED) is 0.767. The van der Waals surface area contributed by atoms with Crippen LogP contribution >= 0.6 is 0 Å². The summed E-state index contributed by atoms with van der Waals surface area (Å²) in [5.41, 5.74) is 8.86. The summed E-state index contributed by atoms with van der Waals surface area (Å²) in [6, 6.07) is 8.83. The van der Waals surface area contributed by atoms with E-state index in [2.05, 4.69) is 52.3 Å². The van der Waals surface area contributed by atoms with Gasteiger partial charge < -0.3 is 10.2 Å². The maximum atomic E-state index is 12.0. The van der Waals surface area contributed by atoms with Crippen LogP contribution in [0.2, 0.25) is 0 Å². The van der Waals surface area contributed by atoms with Gasteiger partial charge in [0, 0.05) is 31.4 Å². The predicted octanol–water partition coefficient (Wildman–Crippen LogP) is 0.810. The molecule has 3 rings (SSSR count). The fraction of sp³-hybridized carbons (Fsp3) is 0.562. The Morgan fingerprint density at radius 3 is 3.05 bits per heavy atom. The van der Waals surface area contributed by atoms with Crippen molar-refractivity contribution in [2.45, 2.75) is 38.3 Å². The second-order valence-corrected chi connectivity index (χ2v) is 5.99. The van der Waals surface area contributed by atoms with Crippen LogP contribution in [-0.2, 0) is 11.2 Å². The summed E-state index contributed by atoms with van der Waals surface area (Å²) in [6.45, 7) is 4.72. The third-order valence-electron chi connectivity index (χ3n) is 4.30. The summed E-state index contributed by atoms with van der Waals surface area (Å²) in [4.78, 5) is 14.4.